The van der Waals surface area contributed by atoms with Crippen LogP contribution in [0, 0.1) is 41.5 Å². The van der Waals surface area contributed by atoms with E-state index >= 15 is 0 Å². The van der Waals surface area contributed by atoms with Crippen LogP contribution < -0.4 is 11.1 Å². The fourth-order valence-electron chi connectivity index (χ4n) is 4.30. The van der Waals surface area contributed by atoms with Gasteiger partial charge >= 0.3 is 0 Å². The zero-order valence-corrected chi connectivity index (χ0v) is 15.5. The number of nitrogens with zero attached hydrogens (tertiary/aromatic N) is 1. The van der Waals surface area contributed by atoms with Crippen LogP contribution in [-0.2, 0) is 0 Å². The van der Waals surface area contributed by atoms with Crippen LogP contribution in [0.25, 0.3) is 0 Å². The molecule has 24 heavy (non-hydrogen) atoms. The Morgan fingerprint density at radius 3 is 1.62 bits per heavy atom. The Bertz CT molecular complexity index is 787. The second-order valence-electron chi connectivity index (χ2n) is 7.21. The SMILES string of the molecule is Cc1cc(C)c([C@H]2NC(N)=N[C@H]2c2c(C)cc(C)cc2C)c(C)c1. The van der Waals surface area contributed by atoms with Gasteiger partial charge in [-0.1, -0.05) is 35.4 Å². The second kappa shape index (κ2) is 5.97. The standard InChI is InChI=1S/C21H27N3/c1-11-7-13(3)17(14(4)8-11)19-20(24-21(22)23-19)18-15(5)9-12(2)10-16(18)6/h7-10,19-20H,1-6H3,(H3,22,23,24)/t19-,20+. The fraction of sp³-hybridized carbons (Fsp3) is 0.381. The molecule has 0 radical (unpaired) electrons. The van der Waals surface area contributed by atoms with Crippen LogP contribution in [0.2, 0.25) is 0 Å². The highest BCUT2D eigenvalue weighted by Gasteiger charge is 2.34. The maximum atomic E-state index is 6.09. The summed E-state index contributed by atoms with van der Waals surface area (Å²) < 4.78 is 0. The minimum atomic E-state index is 0.0192. The molecule has 126 valence electrons. The minimum absolute atomic E-state index is 0.0192. The zero-order chi connectivity index (χ0) is 17.6. The summed E-state index contributed by atoms with van der Waals surface area (Å²) in [7, 11) is 0. The third-order valence-corrected chi connectivity index (χ3v) is 4.98. The van der Waals surface area contributed by atoms with Gasteiger partial charge in [0.05, 0.1) is 6.04 Å². The summed E-state index contributed by atoms with van der Waals surface area (Å²) in [5.74, 6) is 0.531. The molecule has 0 amide bonds. The Morgan fingerprint density at radius 1 is 0.750 bits per heavy atom. The number of benzene rings is 2. The van der Waals surface area contributed by atoms with Crippen LogP contribution in [0.3, 0.4) is 0 Å². The van der Waals surface area contributed by atoms with Gasteiger partial charge in [0.25, 0.3) is 0 Å². The van der Waals surface area contributed by atoms with Crippen molar-refractivity contribution in [3.05, 3.63) is 68.8 Å². The summed E-state index contributed by atoms with van der Waals surface area (Å²) in [5, 5.41) is 3.42. The predicted octanol–water partition coefficient (Wildman–Crippen LogP) is 4.24. The molecular formula is C21H27N3. The summed E-state index contributed by atoms with van der Waals surface area (Å²) in [6.07, 6.45) is 0. The first-order chi connectivity index (χ1) is 11.3. The summed E-state index contributed by atoms with van der Waals surface area (Å²) in [4.78, 5) is 4.76. The highest BCUT2D eigenvalue weighted by atomic mass is 15.2. The van der Waals surface area contributed by atoms with Gasteiger partial charge in [-0.25, -0.2) is 4.99 Å². The van der Waals surface area contributed by atoms with E-state index in [1.165, 1.54) is 44.5 Å². The molecule has 0 bridgehead atoms. The Morgan fingerprint density at radius 2 is 1.17 bits per heavy atom. The van der Waals surface area contributed by atoms with Crippen LogP contribution in [-0.4, -0.2) is 5.96 Å². The average molecular weight is 321 g/mol. The van der Waals surface area contributed by atoms with Crippen molar-refractivity contribution in [2.75, 3.05) is 0 Å². The number of aryl methyl sites for hydroxylation is 6. The molecule has 3 heteroatoms. The minimum Gasteiger partial charge on any atom is -0.370 e. The van der Waals surface area contributed by atoms with Gasteiger partial charge in [-0.3, -0.25) is 0 Å². The molecule has 0 saturated carbocycles. The number of hydrogen-bond donors (Lipinski definition) is 2. The first-order valence-corrected chi connectivity index (χ1v) is 8.53. The smallest absolute Gasteiger partial charge is 0.189 e. The lowest BCUT2D eigenvalue weighted by molar-refractivity contribution is 0.561. The molecule has 0 fully saturated rings. The van der Waals surface area contributed by atoms with Gasteiger partial charge in [-0.15, -0.1) is 0 Å². The van der Waals surface area contributed by atoms with E-state index in [4.69, 9.17) is 10.7 Å². The Kier molecular flexibility index (Phi) is 4.12. The number of rotatable bonds is 2. The molecule has 0 saturated heterocycles. The van der Waals surface area contributed by atoms with Crippen molar-refractivity contribution in [1.29, 1.82) is 0 Å². The largest absolute Gasteiger partial charge is 0.370 e. The van der Waals surface area contributed by atoms with E-state index in [0.717, 1.165) is 0 Å². The highest BCUT2D eigenvalue weighted by Crippen LogP contribution is 2.41. The van der Waals surface area contributed by atoms with Gasteiger partial charge in [-0.05, 0) is 74.9 Å². The molecule has 0 aromatic heterocycles. The van der Waals surface area contributed by atoms with Crippen molar-refractivity contribution in [1.82, 2.24) is 5.32 Å². The lowest BCUT2D eigenvalue weighted by Crippen LogP contribution is -2.31. The molecule has 1 aliphatic rings. The van der Waals surface area contributed by atoms with E-state index in [-0.39, 0.29) is 12.1 Å². The molecule has 0 spiro atoms. The van der Waals surface area contributed by atoms with Crippen molar-refractivity contribution in [3.63, 3.8) is 0 Å². The van der Waals surface area contributed by atoms with Gasteiger partial charge in [0.2, 0.25) is 0 Å². The third kappa shape index (κ3) is 2.79. The summed E-state index contributed by atoms with van der Waals surface area (Å²) in [6, 6.07) is 9.06. The lowest BCUT2D eigenvalue weighted by Gasteiger charge is -2.26. The normalized spacial score (nSPS) is 20.0. The predicted molar refractivity (Wildman–Crippen MR) is 102 cm³/mol. The quantitative estimate of drug-likeness (QED) is 0.869. The van der Waals surface area contributed by atoms with Gasteiger partial charge in [-0.2, -0.15) is 0 Å². The molecule has 2 atom stereocenters. The maximum Gasteiger partial charge on any atom is 0.189 e. The monoisotopic (exact) mass is 321 g/mol. The van der Waals surface area contributed by atoms with Crippen LogP contribution in [0.5, 0.6) is 0 Å². The van der Waals surface area contributed by atoms with E-state index in [1.807, 2.05) is 0 Å². The molecule has 1 aliphatic heterocycles. The third-order valence-electron chi connectivity index (χ3n) is 4.98. The van der Waals surface area contributed by atoms with Gasteiger partial charge in [0.1, 0.15) is 6.04 Å². The van der Waals surface area contributed by atoms with Crippen LogP contribution in [0.4, 0.5) is 0 Å². The van der Waals surface area contributed by atoms with Crippen molar-refractivity contribution >= 4 is 5.96 Å². The van der Waals surface area contributed by atoms with Crippen molar-refractivity contribution in [2.24, 2.45) is 10.7 Å². The highest BCUT2D eigenvalue weighted by molar-refractivity contribution is 5.81. The molecule has 2 aromatic carbocycles. The van der Waals surface area contributed by atoms with E-state index in [2.05, 4.69) is 71.1 Å². The Hall–Kier alpha value is -2.29. The summed E-state index contributed by atoms with van der Waals surface area (Å²) >= 11 is 0. The molecule has 1 heterocycles. The van der Waals surface area contributed by atoms with E-state index < -0.39 is 0 Å². The first kappa shape index (κ1) is 16.6. The topological polar surface area (TPSA) is 50.4 Å². The molecule has 0 unspecified atom stereocenters. The van der Waals surface area contributed by atoms with E-state index in [1.54, 1.807) is 0 Å². The number of nitrogens with one attached hydrogen (secondary N) is 1. The second-order valence-corrected chi connectivity index (χ2v) is 7.21. The fourth-order valence-corrected chi connectivity index (χ4v) is 4.30. The number of aliphatic imine (C=N–C) groups is 1. The maximum absolute atomic E-state index is 6.09. The van der Waals surface area contributed by atoms with Crippen molar-refractivity contribution in [2.45, 2.75) is 53.6 Å². The van der Waals surface area contributed by atoms with Crippen LogP contribution in [0.1, 0.15) is 56.6 Å². The van der Waals surface area contributed by atoms with Gasteiger partial charge < -0.3 is 11.1 Å². The molecule has 0 aliphatic carbocycles. The molecular weight excluding hydrogens is 294 g/mol. The lowest BCUT2D eigenvalue weighted by atomic mass is 9.84. The number of guanidine groups is 1. The number of hydrogen-bond acceptors (Lipinski definition) is 3. The summed E-state index contributed by atoms with van der Waals surface area (Å²) in [5.41, 5.74) is 16.4. The Balaban J connectivity index is 2.15. The van der Waals surface area contributed by atoms with Gasteiger partial charge in [0.15, 0.2) is 5.96 Å². The average Bonchev–Trinajstić information content (AvgIpc) is 2.77. The molecule has 2 aromatic rings. The van der Waals surface area contributed by atoms with E-state index in [0.29, 0.717) is 5.96 Å². The summed E-state index contributed by atoms with van der Waals surface area (Å²) in [6.45, 7) is 13.0. The van der Waals surface area contributed by atoms with E-state index in [9.17, 15) is 0 Å². The Labute approximate surface area is 145 Å². The van der Waals surface area contributed by atoms with Crippen LogP contribution >= 0.6 is 0 Å². The number of nitrogens with two attached hydrogens (primary N) is 1. The molecule has 3 rings (SSSR count). The molecule has 3 nitrogen and oxygen atoms in total. The van der Waals surface area contributed by atoms with Crippen molar-refractivity contribution < 1.29 is 0 Å². The van der Waals surface area contributed by atoms with Gasteiger partial charge in [0, 0.05) is 0 Å². The first-order valence-electron chi connectivity index (χ1n) is 8.53. The van der Waals surface area contributed by atoms with Crippen LogP contribution in [0.15, 0.2) is 29.3 Å². The molecule has 3 N–H and O–H groups in total. The zero-order valence-electron chi connectivity index (χ0n) is 15.5. The van der Waals surface area contributed by atoms with Crippen molar-refractivity contribution in [3.8, 4) is 0 Å².